The molecule has 1 aromatic heterocycles. The number of carbonyl (C=O) groups is 1. The minimum Gasteiger partial charge on any atom is -0.490 e. The molecule has 0 atom stereocenters. The number of hydrogen-bond donors (Lipinski definition) is 2. The van der Waals surface area contributed by atoms with Gasteiger partial charge in [0.05, 0.1) is 13.2 Å². The SMILES string of the molecule is CCN(c1c(C)c(C(=O)NC)cc(OC2CC(N3CCOCC3)C2)c1Cc1c(C)cc(C)[nH]c1=O)C1CCOCC1. The van der Waals surface area contributed by atoms with Gasteiger partial charge in [-0.15, -0.1) is 0 Å². The number of hydrogen-bond acceptors (Lipinski definition) is 7. The van der Waals surface area contributed by atoms with E-state index in [1.807, 2.05) is 32.9 Å². The Balaban J connectivity index is 1.58. The molecular formula is C32H46N4O5. The number of amides is 1. The maximum Gasteiger partial charge on any atom is 0.251 e. The standard InChI is InChI=1S/C32H46N4O5/c1-6-36(23-7-11-39-12-8-23)30-22(4)27(31(37)33-5)19-29(28(30)18-26-20(2)15-21(3)34-32(26)38)41-25-16-24(17-25)35-9-13-40-14-10-35/h15,19,23-25H,6-14,16-18H2,1-5H3,(H,33,37)(H,34,38). The number of ether oxygens (including phenoxy) is 3. The van der Waals surface area contributed by atoms with Crippen molar-refractivity contribution in [2.24, 2.45) is 0 Å². The zero-order valence-electron chi connectivity index (χ0n) is 25.3. The average molecular weight is 567 g/mol. The van der Waals surface area contributed by atoms with E-state index in [1.54, 1.807) is 7.05 Å². The molecule has 224 valence electrons. The maximum atomic E-state index is 13.2. The van der Waals surface area contributed by atoms with Gasteiger partial charge in [0.15, 0.2) is 0 Å². The van der Waals surface area contributed by atoms with Crippen molar-refractivity contribution in [1.29, 1.82) is 0 Å². The number of nitrogens with zero attached hydrogens (tertiary/aromatic N) is 2. The van der Waals surface area contributed by atoms with Crippen molar-refractivity contribution in [3.8, 4) is 5.75 Å². The van der Waals surface area contributed by atoms with E-state index in [0.29, 0.717) is 23.8 Å². The third kappa shape index (κ3) is 6.32. The van der Waals surface area contributed by atoms with Gasteiger partial charge in [0, 0.05) is 99.3 Å². The molecule has 3 heterocycles. The first-order valence-electron chi connectivity index (χ1n) is 15.2. The zero-order chi connectivity index (χ0) is 29.1. The minimum absolute atomic E-state index is 0.0604. The molecule has 1 amide bonds. The van der Waals surface area contributed by atoms with Gasteiger partial charge in [0.25, 0.3) is 11.5 Å². The topological polar surface area (TPSA) is 96.1 Å². The lowest BCUT2D eigenvalue weighted by Gasteiger charge is -2.44. The maximum absolute atomic E-state index is 13.2. The van der Waals surface area contributed by atoms with E-state index in [4.69, 9.17) is 14.2 Å². The van der Waals surface area contributed by atoms with Gasteiger partial charge in [-0.3, -0.25) is 14.5 Å². The largest absolute Gasteiger partial charge is 0.490 e. The Labute approximate surface area is 243 Å². The lowest BCUT2D eigenvalue weighted by atomic mass is 9.87. The monoisotopic (exact) mass is 566 g/mol. The van der Waals surface area contributed by atoms with E-state index < -0.39 is 0 Å². The molecule has 9 nitrogen and oxygen atoms in total. The van der Waals surface area contributed by atoms with Crippen molar-refractivity contribution in [3.05, 3.63) is 56.0 Å². The van der Waals surface area contributed by atoms with Crippen molar-refractivity contribution in [1.82, 2.24) is 15.2 Å². The predicted molar refractivity (Wildman–Crippen MR) is 161 cm³/mol. The Morgan fingerprint density at radius 1 is 1.07 bits per heavy atom. The fourth-order valence-corrected chi connectivity index (χ4v) is 6.76. The Kier molecular flexibility index (Phi) is 9.36. The van der Waals surface area contributed by atoms with Crippen LogP contribution in [-0.4, -0.2) is 87.1 Å². The Morgan fingerprint density at radius 2 is 1.76 bits per heavy atom. The highest BCUT2D eigenvalue weighted by atomic mass is 16.5. The number of aryl methyl sites for hydroxylation is 2. The molecule has 2 saturated heterocycles. The first-order chi connectivity index (χ1) is 19.8. The van der Waals surface area contributed by atoms with Crippen LogP contribution in [0.25, 0.3) is 0 Å². The van der Waals surface area contributed by atoms with Crippen molar-refractivity contribution in [3.63, 3.8) is 0 Å². The van der Waals surface area contributed by atoms with Crippen molar-refractivity contribution >= 4 is 11.6 Å². The summed E-state index contributed by atoms with van der Waals surface area (Å²) in [6.45, 7) is 13.8. The molecule has 3 fully saturated rings. The molecule has 2 N–H and O–H groups in total. The first kappa shape index (κ1) is 29.6. The fraction of sp³-hybridized carbons (Fsp3) is 0.625. The third-order valence-electron chi connectivity index (χ3n) is 9.12. The van der Waals surface area contributed by atoms with Gasteiger partial charge in [-0.05, 0) is 63.8 Å². The minimum atomic E-state index is -0.132. The lowest BCUT2D eigenvalue weighted by Crippen LogP contribution is -2.52. The number of benzene rings is 1. The molecule has 5 rings (SSSR count). The van der Waals surface area contributed by atoms with Crippen LogP contribution in [0.15, 0.2) is 16.9 Å². The number of pyridine rings is 1. The molecular weight excluding hydrogens is 520 g/mol. The molecule has 1 aliphatic carbocycles. The van der Waals surface area contributed by atoms with E-state index in [-0.39, 0.29) is 23.6 Å². The summed E-state index contributed by atoms with van der Waals surface area (Å²) in [4.78, 5) is 34.3. The molecule has 0 unspecified atom stereocenters. The number of H-pyrrole nitrogens is 1. The quantitative estimate of drug-likeness (QED) is 0.480. The highest BCUT2D eigenvalue weighted by Crippen LogP contribution is 2.41. The van der Waals surface area contributed by atoms with Gasteiger partial charge in [-0.2, -0.15) is 0 Å². The summed E-state index contributed by atoms with van der Waals surface area (Å²) in [6, 6.07) is 4.71. The van der Waals surface area contributed by atoms with Crippen LogP contribution >= 0.6 is 0 Å². The van der Waals surface area contributed by atoms with Crippen LogP contribution < -0.4 is 20.5 Å². The average Bonchev–Trinajstić information content (AvgIpc) is 2.95. The Bertz CT molecular complexity index is 1290. The summed E-state index contributed by atoms with van der Waals surface area (Å²) >= 11 is 0. The number of aromatic amines is 1. The number of carbonyl (C=O) groups excluding carboxylic acids is 1. The first-order valence-corrected chi connectivity index (χ1v) is 15.2. The van der Waals surface area contributed by atoms with Crippen LogP contribution in [-0.2, 0) is 15.9 Å². The summed E-state index contributed by atoms with van der Waals surface area (Å²) < 4.78 is 18.0. The van der Waals surface area contributed by atoms with Crippen LogP contribution in [0, 0.1) is 20.8 Å². The second-order valence-electron chi connectivity index (χ2n) is 11.7. The van der Waals surface area contributed by atoms with Crippen molar-refractivity contribution < 1.29 is 19.0 Å². The summed E-state index contributed by atoms with van der Waals surface area (Å²) in [6.07, 6.45) is 4.21. The van der Waals surface area contributed by atoms with Crippen LogP contribution in [0.3, 0.4) is 0 Å². The second kappa shape index (κ2) is 13.0. The number of nitrogens with one attached hydrogen (secondary N) is 2. The van der Waals surface area contributed by atoms with Gasteiger partial charge < -0.3 is 29.4 Å². The number of rotatable bonds is 9. The van der Waals surface area contributed by atoms with Gasteiger partial charge in [0.2, 0.25) is 0 Å². The van der Waals surface area contributed by atoms with Gasteiger partial charge in [0.1, 0.15) is 11.9 Å². The molecule has 2 aliphatic heterocycles. The highest BCUT2D eigenvalue weighted by molar-refractivity contribution is 5.98. The van der Waals surface area contributed by atoms with Crippen molar-refractivity contribution in [2.75, 3.05) is 58.0 Å². The molecule has 0 bridgehead atoms. The molecule has 2 aromatic rings. The molecule has 0 radical (unpaired) electrons. The fourth-order valence-electron chi connectivity index (χ4n) is 6.76. The summed E-state index contributed by atoms with van der Waals surface area (Å²) in [5, 5.41) is 2.83. The normalized spacial score (nSPS) is 21.8. The number of morpholine rings is 1. The van der Waals surface area contributed by atoms with Gasteiger partial charge in [-0.25, -0.2) is 0 Å². The summed E-state index contributed by atoms with van der Waals surface area (Å²) in [5.74, 6) is 0.576. The van der Waals surface area contributed by atoms with Crippen LogP contribution in [0.2, 0.25) is 0 Å². The zero-order valence-corrected chi connectivity index (χ0v) is 25.3. The molecule has 9 heteroatoms. The lowest BCUT2D eigenvalue weighted by molar-refractivity contribution is -0.0375. The number of anilines is 1. The molecule has 3 aliphatic rings. The van der Waals surface area contributed by atoms with Crippen LogP contribution in [0.5, 0.6) is 5.75 Å². The van der Waals surface area contributed by atoms with Gasteiger partial charge in [-0.1, -0.05) is 0 Å². The third-order valence-corrected chi connectivity index (χ3v) is 9.12. The van der Waals surface area contributed by atoms with Crippen LogP contribution in [0.4, 0.5) is 5.69 Å². The van der Waals surface area contributed by atoms with E-state index in [9.17, 15) is 9.59 Å². The van der Waals surface area contributed by atoms with Crippen molar-refractivity contribution in [2.45, 2.75) is 78.0 Å². The highest BCUT2D eigenvalue weighted by Gasteiger charge is 2.37. The number of aromatic nitrogens is 1. The molecule has 1 aromatic carbocycles. The molecule has 0 spiro atoms. The Hall–Kier alpha value is -2.88. The molecule has 41 heavy (non-hydrogen) atoms. The predicted octanol–water partition coefficient (Wildman–Crippen LogP) is 3.50. The van der Waals surface area contributed by atoms with Crippen LogP contribution in [0.1, 0.15) is 70.9 Å². The summed E-state index contributed by atoms with van der Waals surface area (Å²) in [5.41, 5.74) is 6.00. The van der Waals surface area contributed by atoms with E-state index in [1.165, 1.54) is 0 Å². The second-order valence-corrected chi connectivity index (χ2v) is 11.7. The summed E-state index contributed by atoms with van der Waals surface area (Å²) in [7, 11) is 1.67. The van der Waals surface area contributed by atoms with E-state index in [0.717, 1.165) is 105 Å². The Morgan fingerprint density at radius 3 is 2.39 bits per heavy atom. The molecule has 1 saturated carbocycles. The smallest absolute Gasteiger partial charge is 0.251 e. The van der Waals surface area contributed by atoms with E-state index >= 15 is 0 Å². The van der Waals surface area contributed by atoms with Gasteiger partial charge >= 0.3 is 0 Å². The van der Waals surface area contributed by atoms with E-state index in [2.05, 4.69) is 27.0 Å².